The van der Waals surface area contributed by atoms with Gasteiger partial charge in [-0.1, -0.05) is 48.0 Å². The van der Waals surface area contributed by atoms with E-state index in [4.69, 9.17) is 32.2 Å². The highest BCUT2D eigenvalue weighted by atomic mass is 35.5. The van der Waals surface area contributed by atoms with Crippen molar-refractivity contribution in [2.75, 3.05) is 26.7 Å². The van der Waals surface area contributed by atoms with Crippen molar-refractivity contribution in [2.45, 2.75) is 44.9 Å². The number of nitrogens with two attached hydrogens (primary N) is 1. The highest BCUT2D eigenvalue weighted by molar-refractivity contribution is 6.31. The molecule has 1 fully saturated rings. The molecule has 14 heteroatoms. The van der Waals surface area contributed by atoms with E-state index >= 15 is 0 Å². The molecule has 0 spiro atoms. The van der Waals surface area contributed by atoms with Gasteiger partial charge in [-0.15, -0.1) is 0 Å². The fraction of sp³-hybridized carbons (Fsp3) is 0.297. The van der Waals surface area contributed by atoms with Crippen molar-refractivity contribution in [1.29, 1.82) is 0 Å². The highest BCUT2D eigenvalue weighted by Crippen LogP contribution is 2.47. The van der Waals surface area contributed by atoms with Gasteiger partial charge in [-0.25, -0.2) is 4.79 Å². The van der Waals surface area contributed by atoms with E-state index in [0.29, 0.717) is 16.1 Å². The SMILES string of the molecule is CC(C)(C)Oc1cc(C(=O)CC(N)=O)ccc1C1=NC(c2ccc(C=O)cc2)C(c2c[nH]c3cc(Cl)ccc23)N1C(=O)N1CCNC(=O)C1.CO. The number of aliphatic imine (C=N–C) groups is 1. The summed E-state index contributed by atoms with van der Waals surface area (Å²) in [5.74, 6) is -1.02. The molecule has 5 N–H and O–H groups in total. The number of benzene rings is 3. The molecular weight excluding hydrogens is 676 g/mol. The molecule has 1 aromatic heterocycles. The molecule has 2 unspecified atom stereocenters. The molecule has 13 nitrogen and oxygen atoms in total. The molecule has 0 bridgehead atoms. The maximum atomic E-state index is 14.8. The Morgan fingerprint density at radius 1 is 1.08 bits per heavy atom. The Hall–Kier alpha value is -5.53. The summed E-state index contributed by atoms with van der Waals surface area (Å²) in [4.78, 5) is 74.8. The number of primary amides is 1. The number of Topliss-reactive ketones (excluding diaryl/α,β-unsaturated/α-hetero) is 1. The second-order valence-corrected chi connectivity index (χ2v) is 13.4. The van der Waals surface area contributed by atoms with E-state index in [1.54, 1.807) is 53.4 Å². The van der Waals surface area contributed by atoms with Gasteiger partial charge in [0.2, 0.25) is 11.8 Å². The quantitative estimate of drug-likeness (QED) is 0.117. The van der Waals surface area contributed by atoms with E-state index < -0.39 is 41.8 Å². The fourth-order valence-corrected chi connectivity index (χ4v) is 6.33. The lowest BCUT2D eigenvalue weighted by Crippen LogP contribution is -2.55. The summed E-state index contributed by atoms with van der Waals surface area (Å²) in [5, 5.41) is 11.1. The van der Waals surface area contributed by atoms with Gasteiger partial charge in [0, 0.05) is 59.0 Å². The third-order valence-corrected chi connectivity index (χ3v) is 8.52. The number of hydrogen-bond acceptors (Lipinski definition) is 8. The standard InChI is InChI=1S/C36H35ClN6O6.CH4O/c1-36(2,3)49-29-14-22(28(45)16-30(38)46)8-10-25(29)34-41-32(21-6-4-20(19-44)5-7-21)33(26-17-40-27-15-23(37)9-11-24(26)27)43(34)35(48)42-13-12-39-31(47)18-42;1-2/h4-11,14-15,17,19,32-33,40H,12-13,16,18H2,1-3H3,(H2,38,46)(H,39,47);2H,1H3. The summed E-state index contributed by atoms with van der Waals surface area (Å²) in [5.41, 5.74) is 7.91. The summed E-state index contributed by atoms with van der Waals surface area (Å²) >= 11 is 6.33. The number of urea groups is 1. The maximum Gasteiger partial charge on any atom is 0.326 e. The second kappa shape index (κ2) is 15.2. The van der Waals surface area contributed by atoms with Crippen LogP contribution in [0.25, 0.3) is 10.9 Å². The summed E-state index contributed by atoms with van der Waals surface area (Å²) < 4.78 is 6.39. The molecule has 4 aromatic rings. The number of amidine groups is 1. The van der Waals surface area contributed by atoms with Gasteiger partial charge in [-0.3, -0.25) is 29.1 Å². The predicted molar refractivity (Wildman–Crippen MR) is 192 cm³/mol. The number of nitrogens with zero attached hydrogens (tertiary/aromatic N) is 3. The van der Waals surface area contributed by atoms with Crippen LogP contribution in [-0.2, 0) is 9.59 Å². The van der Waals surface area contributed by atoms with Crippen molar-refractivity contribution >= 4 is 58.3 Å². The van der Waals surface area contributed by atoms with Crippen LogP contribution in [0.3, 0.4) is 0 Å². The first kappa shape index (κ1) is 36.7. The minimum atomic E-state index is -0.763. The Bertz CT molecular complexity index is 2020. The van der Waals surface area contributed by atoms with Gasteiger partial charge in [0.1, 0.15) is 36.1 Å². The minimum absolute atomic E-state index is 0.149. The smallest absolute Gasteiger partial charge is 0.326 e. The highest BCUT2D eigenvalue weighted by Gasteiger charge is 2.46. The van der Waals surface area contributed by atoms with E-state index in [0.717, 1.165) is 35.4 Å². The van der Waals surface area contributed by atoms with Crippen LogP contribution in [-0.4, -0.2) is 88.0 Å². The Kier molecular flexibility index (Phi) is 10.9. The van der Waals surface area contributed by atoms with E-state index in [1.165, 1.54) is 11.0 Å². The van der Waals surface area contributed by atoms with Crippen molar-refractivity contribution in [1.82, 2.24) is 20.1 Å². The number of hydrogen-bond donors (Lipinski definition) is 4. The van der Waals surface area contributed by atoms with Gasteiger partial charge < -0.3 is 30.8 Å². The lowest BCUT2D eigenvalue weighted by Gasteiger charge is -2.36. The fourth-order valence-electron chi connectivity index (χ4n) is 6.16. The molecule has 266 valence electrons. The zero-order valence-corrected chi connectivity index (χ0v) is 29.4. The number of nitrogens with one attached hydrogen (secondary N) is 2. The molecule has 3 heterocycles. The van der Waals surface area contributed by atoms with Crippen LogP contribution in [0, 0.1) is 0 Å². The largest absolute Gasteiger partial charge is 0.487 e. The van der Waals surface area contributed by atoms with Crippen LogP contribution >= 0.6 is 11.6 Å². The van der Waals surface area contributed by atoms with Crippen molar-refractivity contribution < 1.29 is 33.8 Å². The molecule has 2 aliphatic rings. The number of ether oxygens (including phenoxy) is 1. The van der Waals surface area contributed by atoms with E-state index in [1.807, 2.05) is 33.0 Å². The number of aliphatic hydroxyl groups excluding tert-OH is 1. The first-order valence-corrected chi connectivity index (χ1v) is 16.5. The monoisotopic (exact) mass is 714 g/mol. The number of carbonyl (C=O) groups excluding carboxylic acids is 5. The first-order valence-electron chi connectivity index (χ1n) is 16.2. The summed E-state index contributed by atoms with van der Waals surface area (Å²) in [7, 11) is 1.00. The number of halogens is 1. The number of fused-ring (bicyclic) bond motifs is 1. The first-order chi connectivity index (χ1) is 24.3. The molecule has 0 saturated carbocycles. The molecule has 51 heavy (non-hydrogen) atoms. The van der Waals surface area contributed by atoms with Crippen LogP contribution in [0.4, 0.5) is 4.79 Å². The molecule has 3 aromatic carbocycles. The van der Waals surface area contributed by atoms with Gasteiger partial charge in [0.25, 0.3) is 0 Å². The number of aromatic amines is 1. The van der Waals surface area contributed by atoms with Gasteiger partial charge in [0.05, 0.1) is 18.0 Å². The summed E-state index contributed by atoms with van der Waals surface area (Å²) in [6.07, 6.45) is 2.09. The van der Waals surface area contributed by atoms with Gasteiger partial charge in [-0.2, -0.15) is 0 Å². The number of piperazine rings is 1. The van der Waals surface area contributed by atoms with Crippen LogP contribution in [0.15, 0.2) is 71.9 Å². The minimum Gasteiger partial charge on any atom is -0.487 e. The number of ketones is 1. The molecule has 4 amide bonds. The van der Waals surface area contributed by atoms with E-state index in [-0.39, 0.29) is 42.7 Å². The molecule has 2 aliphatic heterocycles. The molecule has 1 saturated heterocycles. The summed E-state index contributed by atoms with van der Waals surface area (Å²) in [6.45, 7) is 5.94. The zero-order chi connectivity index (χ0) is 37.0. The van der Waals surface area contributed by atoms with Crippen LogP contribution < -0.4 is 15.8 Å². The number of aliphatic hydroxyl groups is 1. The third kappa shape index (κ3) is 7.95. The molecule has 0 aliphatic carbocycles. The average molecular weight is 715 g/mol. The second-order valence-electron chi connectivity index (χ2n) is 13.0. The van der Waals surface area contributed by atoms with Crippen molar-refractivity contribution in [3.05, 3.63) is 99.7 Å². The Morgan fingerprint density at radius 3 is 2.45 bits per heavy atom. The average Bonchev–Trinajstić information content (AvgIpc) is 3.69. The van der Waals surface area contributed by atoms with Gasteiger partial charge in [-0.05, 0) is 50.6 Å². The number of H-pyrrole nitrogens is 1. The lowest BCUT2D eigenvalue weighted by atomic mass is 9.93. The zero-order valence-electron chi connectivity index (χ0n) is 28.6. The van der Waals surface area contributed by atoms with E-state index in [2.05, 4.69) is 10.3 Å². The number of amides is 4. The number of rotatable bonds is 8. The van der Waals surface area contributed by atoms with Gasteiger partial charge >= 0.3 is 6.03 Å². The molecule has 6 rings (SSSR count). The van der Waals surface area contributed by atoms with Crippen LogP contribution in [0.5, 0.6) is 5.75 Å². The van der Waals surface area contributed by atoms with Crippen molar-refractivity contribution in [3.8, 4) is 5.75 Å². The van der Waals surface area contributed by atoms with Crippen molar-refractivity contribution in [3.63, 3.8) is 0 Å². The number of aromatic nitrogens is 1. The van der Waals surface area contributed by atoms with E-state index in [9.17, 15) is 24.0 Å². The summed E-state index contributed by atoms with van der Waals surface area (Å²) in [6, 6.07) is 15.3. The lowest BCUT2D eigenvalue weighted by molar-refractivity contribution is -0.123. The number of aldehydes is 1. The van der Waals surface area contributed by atoms with Crippen LogP contribution in [0.1, 0.15) is 76.7 Å². The third-order valence-electron chi connectivity index (χ3n) is 8.29. The molecule has 0 radical (unpaired) electrons. The Labute approximate surface area is 299 Å². The molecule has 2 atom stereocenters. The predicted octanol–water partition coefficient (Wildman–Crippen LogP) is 4.57. The number of carbonyl (C=O) groups is 5. The van der Waals surface area contributed by atoms with Gasteiger partial charge in [0.15, 0.2) is 5.78 Å². The topological polar surface area (TPSA) is 187 Å². The maximum absolute atomic E-state index is 14.8. The Morgan fingerprint density at radius 2 is 1.80 bits per heavy atom. The molecular formula is C37H39ClN6O7. The normalized spacial score (nSPS) is 17.3. The van der Waals surface area contributed by atoms with Crippen LogP contribution in [0.2, 0.25) is 5.02 Å². The van der Waals surface area contributed by atoms with Crippen molar-refractivity contribution in [2.24, 2.45) is 10.7 Å². The Balaban J connectivity index is 0.00000248.